The second kappa shape index (κ2) is 5.16. The number of nitrogens with zero attached hydrogens (tertiary/aromatic N) is 1. The number of benzene rings is 1. The minimum absolute atomic E-state index is 0.202. The molecule has 0 radical (unpaired) electrons. The van der Waals surface area contributed by atoms with Crippen LogP contribution in [0.2, 0.25) is 0 Å². The van der Waals surface area contributed by atoms with Gasteiger partial charge >= 0.3 is 0 Å². The highest BCUT2D eigenvalue weighted by atomic mass is 32.1. The number of rotatable bonds is 2. The topological polar surface area (TPSA) is 24.9 Å². The van der Waals surface area contributed by atoms with Gasteiger partial charge in [-0.05, 0) is 43.7 Å². The zero-order valence-electron chi connectivity index (χ0n) is 10.0. The maximum atomic E-state index is 12.9. The van der Waals surface area contributed by atoms with E-state index in [0.29, 0.717) is 5.92 Å². The van der Waals surface area contributed by atoms with E-state index in [1.54, 1.807) is 23.5 Å². The fraction of sp³-hybridized carbons (Fsp3) is 0.357. The van der Waals surface area contributed by atoms with Crippen molar-refractivity contribution in [3.63, 3.8) is 0 Å². The number of piperidine rings is 1. The predicted octanol–water partition coefficient (Wildman–Crippen LogP) is 3.42. The van der Waals surface area contributed by atoms with E-state index >= 15 is 0 Å². The number of nitrogens with one attached hydrogen (secondary N) is 1. The van der Waals surface area contributed by atoms with Crippen LogP contribution >= 0.6 is 11.3 Å². The minimum atomic E-state index is -0.202. The first kappa shape index (κ1) is 11.8. The second-order valence-corrected chi connectivity index (χ2v) is 5.49. The quantitative estimate of drug-likeness (QED) is 0.897. The molecule has 0 saturated carbocycles. The van der Waals surface area contributed by atoms with Crippen molar-refractivity contribution in [3.8, 4) is 10.6 Å². The van der Waals surface area contributed by atoms with Crippen LogP contribution in [-0.2, 0) is 0 Å². The highest BCUT2D eigenvalue weighted by Crippen LogP contribution is 2.29. The van der Waals surface area contributed by atoms with Gasteiger partial charge in [-0.2, -0.15) is 0 Å². The molecule has 0 aliphatic carbocycles. The summed E-state index contributed by atoms with van der Waals surface area (Å²) in [5.41, 5.74) is 2.17. The van der Waals surface area contributed by atoms with Crippen molar-refractivity contribution in [2.24, 2.45) is 0 Å². The Hall–Kier alpha value is -1.26. The van der Waals surface area contributed by atoms with E-state index in [9.17, 15) is 4.39 Å². The van der Waals surface area contributed by atoms with E-state index in [1.165, 1.54) is 30.7 Å². The van der Waals surface area contributed by atoms with Crippen LogP contribution in [0.1, 0.15) is 24.5 Å². The van der Waals surface area contributed by atoms with E-state index in [0.717, 1.165) is 23.7 Å². The minimum Gasteiger partial charge on any atom is -0.316 e. The largest absolute Gasteiger partial charge is 0.316 e. The Bertz CT molecular complexity index is 515. The molecule has 1 fully saturated rings. The van der Waals surface area contributed by atoms with Crippen molar-refractivity contribution in [2.75, 3.05) is 13.1 Å². The lowest BCUT2D eigenvalue weighted by atomic mass is 9.97. The third-order valence-corrected chi connectivity index (χ3v) is 4.24. The first-order valence-electron chi connectivity index (χ1n) is 6.25. The summed E-state index contributed by atoms with van der Waals surface area (Å²) in [4.78, 5) is 4.69. The van der Waals surface area contributed by atoms with Gasteiger partial charge in [-0.15, -0.1) is 11.3 Å². The summed E-state index contributed by atoms with van der Waals surface area (Å²) in [6, 6.07) is 6.55. The van der Waals surface area contributed by atoms with Crippen LogP contribution < -0.4 is 5.32 Å². The van der Waals surface area contributed by atoms with Gasteiger partial charge in [-0.1, -0.05) is 0 Å². The van der Waals surface area contributed by atoms with Crippen LogP contribution in [0.4, 0.5) is 4.39 Å². The third kappa shape index (κ3) is 2.44. The molecule has 94 valence electrons. The molecular formula is C14H15FN2S. The smallest absolute Gasteiger partial charge is 0.123 e. The summed E-state index contributed by atoms with van der Waals surface area (Å²) in [5.74, 6) is 0.330. The first-order chi connectivity index (χ1) is 8.83. The normalized spacial score (nSPS) is 19.9. The van der Waals surface area contributed by atoms with E-state index in [2.05, 4.69) is 15.7 Å². The van der Waals surface area contributed by atoms with E-state index < -0.39 is 0 Å². The zero-order chi connectivity index (χ0) is 12.4. The lowest BCUT2D eigenvalue weighted by Crippen LogP contribution is -2.28. The van der Waals surface area contributed by atoms with Gasteiger partial charge in [0.15, 0.2) is 0 Å². The SMILES string of the molecule is Fc1ccc(-c2nc(C3CCCNC3)cs2)cc1. The number of aromatic nitrogens is 1. The molecule has 4 heteroatoms. The van der Waals surface area contributed by atoms with Crippen molar-refractivity contribution < 1.29 is 4.39 Å². The van der Waals surface area contributed by atoms with Crippen LogP contribution in [0.3, 0.4) is 0 Å². The number of halogens is 1. The molecule has 1 aromatic carbocycles. The van der Waals surface area contributed by atoms with Gasteiger partial charge < -0.3 is 5.32 Å². The molecule has 2 nitrogen and oxygen atoms in total. The van der Waals surface area contributed by atoms with Crippen molar-refractivity contribution in [3.05, 3.63) is 41.2 Å². The molecule has 3 rings (SSSR count). The van der Waals surface area contributed by atoms with Gasteiger partial charge in [-0.25, -0.2) is 9.37 Å². The van der Waals surface area contributed by atoms with Gasteiger partial charge in [0.05, 0.1) is 5.69 Å². The van der Waals surface area contributed by atoms with Crippen LogP contribution in [0.5, 0.6) is 0 Å². The van der Waals surface area contributed by atoms with E-state index in [-0.39, 0.29) is 5.82 Å². The van der Waals surface area contributed by atoms with Gasteiger partial charge in [0, 0.05) is 23.4 Å². The van der Waals surface area contributed by atoms with Gasteiger partial charge in [-0.3, -0.25) is 0 Å². The zero-order valence-corrected chi connectivity index (χ0v) is 10.8. The number of thiazole rings is 1. The monoisotopic (exact) mass is 262 g/mol. The van der Waals surface area contributed by atoms with Gasteiger partial charge in [0.2, 0.25) is 0 Å². The summed E-state index contributed by atoms with van der Waals surface area (Å²) in [6.45, 7) is 2.14. The molecule has 1 aliphatic rings. The number of hydrogen-bond donors (Lipinski definition) is 1. The molecule has 1 aliphatic heterocycles. The molecule has 1 saturated heterocycles. The summed E-state index contributed by atoms with van der Waals surface area (Å²) in [6.07, 6.45) is 2.42. The molecule has 0 spiro atoms. The van der Waals surface area contributed by atoms with Gasteiger partial charge in [0.25, 0.3) is 0 Å². The van der Waals surface area contributed by atoms with Gasteiger partial charge in [0.1, 0.15) is 10.8 Å². The van der Waals surface area contributed by atoms with Crippen LogP contribution in [0.25, 0.3) is 10.6 Å². The van der Waals surface area contributed by atoms with Crippen molar-refractivity contribution in [1.82, 2.24) is 10.3 Å². The Balaban J connectivity index is 1.82. The van der Waals surface area contributed by atoms with E-state index in [1.807, 2.05) is 0 Å². The Morgan fingerprint density at radius 3 is 2.83 bits per heavy atom. The van der Waals surface area contributed by atoms with E-state index in [4.69, 9.17) is 0 Å². The van der Waals surface area contributed by atoms with Crippen LogP contribution in [0, 0.1) is 5.82 Å². The lowest BCUT2D eigenvalue weighted by molar-refractivity contribution is 0.456. The molecule has 0 bridgehead atoms. The third-order valence-electron chi connectivity index (χ3n) is 3.33. The van der Waals surface area contributed by atoms with Crippen molar-refractivity contribution >= 4 is 11.3 Å². The van der Waals surface area contributed by atoms with Crippen LogP contribution in [0.15, 0.2) is 29.6 Å². The fourth-order valence-electron chi connectivity index (χ4n) is 2.30. The molecule has 1 atom stereocenters. The molecular weight excluding hydrogens is 247 g/mol. The molecule has 1 unspecified atom stereocenters. The highest BCUT2D eigenvalue weighted by Gasteiger charge is 2.18. The molecule has 2 aromatic rings. The Morgan fingerprint density at radius 1 is 1.28 bits per heavy atom. The average molecular weight is 262 g/mol. The Labute approximate surface area is 110 Å². The molecule has 2 heterocycles. The summed E-state index contributed by atoms with van der Waals surface area (Å²) in [5, 5.41) is 6.52. The average Bonchev–Trinajstić information content (AvgIpc) is 2.90. The fourth-order valence-corrected chi connectivity index (χ4v) is 3.21. The highest BCUT2D eigenvalue weighted by molar-refractivity contribution is 7.13. The van der Waals surface area contributed by atoms with Crippen molar-refractivity contribution in [1.29, 1.82) is 0 Å². The first-order valence-corrected chi connectivity index (χ1v) is 7.13. The maximum absolute atomic E-state index is 12.9. The molecule has 1 N–H and O–H groups in total. The lowest BCUT2D eigenvalue weighted by Gasteiger charge is -2.20. The molecule has 0 amide bonds. The summed E-state index contributed by atoms with van der Waals surface area (Å²) in [7, 11) is 0. The standard InChI is InChI=1S/C14H15FN2S/c15-12-5-3-10(4-6-12)14-17-13(9-18-14)11-2-1-7-16-8-11/h3-6,9,11,16H,1-2,7-8H2. The predicted molar refractivity (Wildman–Crippen MR) is 72.4 cm³/mol. The van der Waals surface area contributed by atoms with Crippen LogP contribution in [-0.4, -0.2) is 18.1 Å². The van der Waals surface area contributed by atoms with Crippen molar-refractivity contribution in [2.45, 2.75) is 18.8 Å². The maximum Gasteiger partial charge on any atom is 0.123 e. The number of hydrogen-bond acceptors (Lipinski definition) is 3. The Morgan fingerprint density at radius 2 is 2.11 bits per heavy atom. The second-order valence-electron chi connectivity index (χ2n) is 4.63. The Kier molecular flexibility index (Phi) is 3.39. The molecule has 18 heavy (non-hydrogen) atoms. The molecule has 1 aromatic heterocycles. The summed E-state index contributed by atoms with van der Waals surface area (Å²) >= 11 is 1.64. The summed E-state index contributed by atoms with van der Waals surface area (Å²) < 4.78 is 12.9.